The highest BCUT2D eigenvalue weighted by Gasteiger charge is 2.03. The third-order valence-corrected chi connectivity index (χ3v) is 1.80. The predicted molar refractivity (Wildman–Crippen MR) is 51.9 cm³/mol. The predicted octanol–water partition coefficient (Wildman–Crippen LogP) is 3.22. The molecule has 0 saturated heterocycles. The summed E-state index contributed by atoms with van der Waals surface area (Å²) in [6, 6.07) is 6.78. The van der Waals surface area contributed by atoms with Crippen LogP contribution in [0.1, 0.15) is 30.1 Å². The zero-order valence-electron chi connectivity index (χ0n) is 7.58. The quantitative estimate of drug-likeness (QED) is 0.508. The van der Waals surface area contributed by atoms with Crippen LogP contribution in [0.4, 0.5) is 5.69 Å². The summed E-state index contributed by atoms with van der Waals surface area (Å²) < 4.78 is 0. The Hall–Kier alpha value is -1.62. The van der Waals surface area contributed by atoms with Crippen LogP contribution in [0.2, 0.25) is 0 Å². The first-order valence-corrected chi connectivity index (χ1v) is 4.28. The van der Waals surface area contributed by atoms with Crippen LogP contribution < -0.4 is 0 Å². The number of carbonyl (C=O) groups is 1. The average molecular weight is 173 g/mol. The van der Waals surface area contributed by atoms with Gasteiger partial charge in [0.2, 0.25) is 0 Å². The van der Waals surface area contributed by atoms with Crippen molar-refractivity contribution in [2.75, 3.05) is 0 Å². The minimum atomic E-state index is 0.152. The van der Waals surface area contributed by atoms with E-state index in [-0.39, 0.29) is 5.78 Å². The highest BCUT2D eigenvalue weighted by Crippen LogP contribution is 2.13. The van der Waals surface area contributed by atoms with Gasteiger partial charge in [0, 0.05) is 12.0 Å². The number of hydrogen-bond acceptors (Lipinski definition) is 1. The minimum absolute atomic E-state index is 0.152. The van der Waals surface area contributed by atoms with Crippen LogP contribution in [0.25, 0.3) is 4.85 Å². The van der Waals surface area contributed by atoms with E-state index in [1.807, 2.05) is 6.92 Å². The summed E-state index contributed by atoms with van der Waals surface area (Å²) in [5.74, 6) is 0.152. The van der Waals surface area contributed by atoms with Crippen molar-refractivity contribution >= 4 is 11.5 Å². The molecule has 0 fully saturated rings. The largest absolute Gasteiger partial charge is 0.294 e. The molecule has 1 rings (SSSR count). The van der Waals surface area contributed by atoms with Gasteiger partial charge in [0.15, 0.2) is 11.5 Å². The van der Waals surface area contributed by atoms with Crippen molar-refractivity contribution in [2.45, 2.75) is 19.8 Å². The number of carbonyl (C=O) groups excluding carboxylic acids is 1. The summed E-state index contributed by atoms with van der Waals surface area (Å²) in [4.78, 5) is 14.6. The highest BCUT2D eigenvalue weighted by atomic mass is 16.1. The molecule has 0 saturated carbocycles. The molecule has 66 valence electrons. The lowest BCUT2D eigenvalue weighted by Gasteiger charge is -1.97. The van der Waals surface area contributed by atoms with Crippen molar-refractivity contribution in [3.8, 4) is 0 Å². The lowest BCUT2D eigenvalue weighted by Crippen LogP contribution is -1.96. The van der Waals surface area contributed by atoms with Crippen LogP contribution in [0.5, 0.6) is 0 Å². The van der Waals surface area contributed by atoms with Gasteiger partial charge < -0.3 is 0 Å². The van der Waals surface area contributed by atoms with Gasteiger partial charge in [-0.25, -0.2) is 4.85 Å². The molecule has 0 aliphatic carbocycles. The lowest BCUT2D eigenvalue weighted by molar-refractivity contribution is 0.0982. The molecule has 0 aliphatic rings. The first kappa shape index (κ1) is 9.47. The molecule has 0 heterocycles. The van der Waals surface area contributed by atoms with Crippen LogP contribution in [0.15, 0.2) is 24.3 Å². The smallest absolute Gasteiger partial charge is 0.187 e. The second-order valence-electron chi connectivity index (χ2n) is 2.83. The van der Waals surface area contributed by atoms with Gasteiger partial charge in [0.25, 0.3) is 0 Å². The molecule has 0 aliphatic heterocycles. The number of rotatable bonds is 3. The molecular formula is C11H11NO. The Labute approximate surface area is 78.0 Å². The SMILES string of the molecule is [C-]#[N+]c1ccc(C(=O)CCC)cc1. The zero-order chi connectivity index (χ0) is 9.68. The third-order valence-electron chi connectivity index (χ3n) is 1.80. The average Bonchev–Trinajstić information content (AvgIpc) is 2.18. The van der Waals surface area contributed by atoms with E-state index in [1.54, 1.807) is 24.3 Å². The maximum absolute atomic E-state index is 11.4. The molecule has 0 spiro atoms. The Bertz CT molecular complexity index is 332. The third kappa shape index (κ3) is 2.41. The van der Waals surface area contributed by atoms with Gasteiger partial charge in [0.1, 0.15) is 0 Å². The first-order chi connectivity index (χ1) is 6.27. The van der Waals surface area contributed by atoms with Crippen molar-refractivity contribution in [3.05, 3.63) is 41.2 Å². The summed E-state index contributed by atoms with van der Waals surface area (Å²) in [5.41, 5.74) is 1.28. The molecule has 0 unspecified atom stereocenters. The van der Waals surface area contributed by atoms with E-state index < -0.39 is 0 Å². The monoisotopic (exact) mass is 173 g/mol. The Morgan fingerprint density at radius 3 is 2.46 bits per heavy atom. The van der Waals surface area contributed by atoms with Gasteiger partial charge in [-0.1, -0.05) is 31.2 Å². The highest BCUT2D eigenvalue weighted by molar-refractivity contribution is 5.96. The molecule has 0 atom stereocenters. The van der Waals surface area contributed by atoms with E-state index >= 15 is 0 Å². The summed E-state index contributed by atoms with van der Waals surface area (Å²) in [6.45, 7) is 8.72. The van der Waals surface area contributed by atoms with Gasteiger partial charge in [-0.05, 0) is 6.42 Å². The van der Waals surface area contributed by atoms with Gasteiger partial charge in [-0.2, -0.15) is 0 Å². The van der Waals surface area contributed by atoms with Crippen LogP contribution >= 0.6 is 0 Å². The van der Waals surface area contributed by atoms with E-state index in [0.717, 1.165) is 6.42 Å². The molecule has 0 bridgehead atoms. The van der Waals surface area contributed by atoms with Gasteiger partial charge in [0.05, 0.1) is 6.57 Å². The van der Waals surface area contributed by atoms with Crippen molar-refractivity contribution < 1.29 is 4.79 Å². The summed E-state index contributed by atoms with van der Waals surface area (Å²) >= 11 is 0. The Morgan fingerprint density at radius 1 is 1.38 bits per heavy atom. The topological polar surface area (TPSA) is 21.4 Å². The molecule has 2 heteroatoms. The fourth-order valence-electron chi connectivity index (χ4n) is 1.09. The second-order valence-corrected chi connectivity index (χ2v) is 2.83. The van der Waals surface area contributed by atoms with Crippen molar-refractivity contribution in [2.24, 2.45) is 0 Å². The number of Topliss-reactive ketones (excluding diaryl/α,β-unsaturated/α-hetero) is 1. The molecule has 1 aromatic carbocycles. The first-order valence-electron chi connectivity index (χ1n) is 4.28. The van der Waals surface area contributed by atoms with E-state index in [0.29, 0.717) is 17.7 Å². The zero-order valence-corrected chi connectivity index (χ0v) is 7.58. The van der Waals surface area contributed by atoms with Crippen LogP contribution in [-0.4, -0.2) is 5.78 Å². The maximum Gasteiger partial charge on any atom is 0.187 e. The Morgan fingerprint density at radius 2 is 2.00 bits per heavy atom. The van der Waals surface area contributed by atoms with Crippen molar-refractivity contribution in [1.29, 1.82) is 0 Å². The standard InChI is InChI=1S/C11H11NO/c1-3-4-11(13)9-5-7-10(12-2)8-6-9/h5-8H,3-4H2,1H3. The normalized spacial score (nSPS) is 9.23. The second kappa shape index (κ2) is 4.42. The molecule has 13 heavy (non-hydrogen) atoms. The molecule has 0 radical (unpaired) electrons. The van der Waals surface area contributed by atoms with Crippen LogP contribution in [-0.2, 0) is 0 Å². The number of hydrogen-bond donors (Lipinski definition) is 0. The molecule has 0 aromatic heterocycles. The molecule has 2 nitrogen and oxygen atoms in total. The van der Waals surface area contributed by atoms with E-state index in [4.69, 9.17) is 6.57 Å². The van der Waals surface area contributed by atoms with Crippen molar-refractivity contribution in [3.63, 3.8) is 0 Å². The number of benzene rings is 1. The molecule has 0 N–H and O–H groups in total. The fourth-order valence-corrected chi connectivity index (χ4v) is 1.09. The Kier molecular flexibility index (Phi) is 3.22. The van der Waals surface area contributed by atoms with E-state index in [2.05, 4.69) is 4.85 Å². The van der Waals surface area contributed by atoms with Crippen LogP contribution in [0.3, 0.4) is 0 Å². The number of ketones is 1. The molecule has 0 amide bonds. The fraction of sp³-hybridized carbons (Fsp3) is 0.273. The van der Waals surface area contributed by atoms with Gasteiger partial charge in [-0.3, -0.25) is 4.79 Å². The van der Waals surface area contributed by atoms with Crippen molar-refractivity contribution in [1.82, 2.24) is 0 Å². The minimum Gasteiger partial charge on any atom is -0.294 e. The molecule has 1 aromatic rings. The summed E-state index contributed by atoms with van der Waals surface area (Å²) in [7, 11) is 0. The van der Waals surface area contributed by atoms with E-state index in [1.165, 1.54) is 0 Å². The lowest BCUT2D eigenvalue weighted by atomic mass is 10.1. The maximum atomic E-state index is 11.4. The van der Waals surface area contributed by atoms with Crippen LogP contribution in [0, 0.1) is 6.57 Å². The Balaban J connectivity index is 2.81. The van der Waals surface area contributed by atoms with Gasteiger partial charge >= 0.3 is 0 Å². The summed E-state index contributed by atoms with van der Waals surface area (Å²) in [5, 5.41) is 0. The number of nitrogens with zero attached hydrogens (tertiary/aromatic N) is 1. The molecular weight excluding hydrogens is 162 g/mol. The van der Waals surface area contributed by atoms with E-state index in [9.17, 15) is 4.79 Å². The van der Waals surface area contributed by atoms with Gasteiger partial charge in [-0.15, -0.1) is 0 Å². The summed E-state index contributed by atoms with van der Waals surface area (Å²) in [6.07, 6.45) is 1.45.